The molecular weight excluding hydrogens is 274 g/mol. The average Bonchev–Trinajstić information content (AvgIpc) is 2.32. The third-order valence-electron chi connectivity index (χ3n) is 2.96. The van der Waals surface area contributed by atoms with E-state index in [2.05, 4.69) is 59.4 Å². The molecule has 0 aliphatic heterocycles. The summed E-state index contributed by atoms with van der Waals surface area (Å²) in [5, 5.41) is 3.66. The van der Waals surface area contributed by atoms with Gasteiger partial charge in [-0.1, -0.05) is 54.8 Å². The molecule has 0 aliphatic carbocycles. The van der Waals surface area contributed by atoms with Crippen LogP contribution in [-0.4, -0.2) is 12.6 Å². The van der Waals surface area contributed by atoms with Crippen LogP contribution in [0.15, 0.2) is 28.7 Å². The standard InChI is InChI=1S/C15H24BrN/c1-3-5-9-15(17-10-4-2)12-13-7-6-8-14(16)11-13/h6-8,11,15,17H,3-5,9-10,12H2,1-2H3. The number of rotatable bonds is 8. The van der Waals surface area contributed by atoms with Crippen molar-refractivity contribution in [2.45, 2.75) is 52.0 Å². The van der Waals surface area contributed by atoms with Crippen molar-refractivity contribution >= 4 is 15.9 Å². The molecule has 1 atom stereocenters. The summed E-state index contributed by atoms with van der Waals surface area (Å²) in [5.74, 6) is 0. The molecule has 0 aromatic heterocycles. The first-order valence-corrected chi connectivity index (χ1v) is 7.53. The Labute approximate surface area is 114 Å². The molecular formula is C15H24BrN. The lowest BCUT2D eigenvalue weighted by atomic mass is 10.0. The second kappa shape index (κ2) is 8.71. The summed E-state index contributed by atoms with van der Waals surface area (Å²) in [5.41, 5.74) is 1.42. The second-order valence-corrected chi connectivity index (χ2v) is 5.54. The Morgan fingerprint density at radius 1 is 1.24 bits per heavy atom. The van der Waals surface area contributed by atoms with Crippen LogP contribution in [0.5, 0.6) is 0 Å². The maximum absolute atomic E-state index is 3.66. The van der Waals surface area contributed by atoms with Gasteiger partial charge >= 0.3 is 0 Å². The molecule has 0 saturated carbocycles. The van der Waals surface area contributed by atoms with Crippen molar-refractivity contribution in [2.75, 3.05) is 6.54 Å². The van der Waals surface area contributed by atoms with Gasteiger partial charge in [0, 0.05) is 10.5 Å². The largest absolute Gasteiger partial charge is 0.314 e. The molecule has 1 rings (SSSR count). The van der Waals surface area contributed by atoms with Crippen molar-refractivity contribution in [3.8, 4) is 0 Å². The molecule has 2 heteroatoms. The number of hydrogen-bond acceptors (Lipinski definition) is 1. The van der Waals surface area contributed by atoms with Gasteiger partial charge in [0.15, 0.2) is 0 Å². The molecule has 1 nitrogen and oxygen atoms in total. The molecule has 1 N–H and O–H groups in total. The predicted molar refractivity (Wildman–Crippen MR) is 79.5 cm³/mol. The first-order chi connectivity index (χ1) is 8.26. The average molecular weight is 298 g/mol. The van der Waals surface area contributed by atoms with E-state index >= 15 is 0 Å². The van der Waals surface area contributed by atoms with Crippen LogP contribution in [0.3, 0.4) is 0 Å². The number of halogens is 1. The van der Waals surface area contributed by atoms with Gasteiger partial charge in [0.25, 0.3) is 0 Å². The molecule has 0 heterocycles. The van der Waals surface area contributed by atoms with Gasteiger partial charge in [0.2, 0.25) is 0 Å². The zero-order valence-electron chi connectivity index (χ0n) is 11.0. The Hall–Kier alpha value is -0.340. The summed E-state index contributed by atoms with van der Waals surface area (Å²) in [6, 6.07) is 9.29. The molecule has 0 amide bonds. The zero-order valence-corrected chi connectivity index (χ0v) is 12.6. The van der Waals surface area contributed by atoms with Crippen LogP contribution in [0.1, 0.15) is 45.1 Å². The summed E-state index contributed by atoms with van der Waals surface area (Å²) in [7, 11) is 0. The number of nitrogens with one attached hydrogen (secondary N) is 1. The quantitative estimate of drug-likeness (QED) is 0.742. The minimum Gasteiger partial charge on any atom is -0.314 e. The highest BCUT2D eigenvalue weighted by molar-refractivity contribution is 9.10. The van der Waals surface area contributed by atoms with Gasteiger partial charge in [-0.3, -0.25) is 0 Å². The Morgan fingerprint density at radius 3 is 2.71 bits per heavy atom. The molecule has 0 aliphatic rings. The van der Waals surface area contributed by atoms with Crippen LogP contribution in [-0.2, 0) is 6.42 Å². The third kappa shape index (κ3) is 6.23. The van der Waals surface area contributed by atoms with Crippen molar-refractivity contribution in [2.24, 2.45) is 0 Å². The maximum Gasteiger partial charge on any atom is 0.0178 e. The van der Waals surface area contributed by atoms with Crippen molar-refractivity contribution < 1.29 is 0 Å². The minimum atomic E-state index is 0.629. The number of hydrogen-bond donors (Lipinski definition) is 1. The lowest BCUT2D eigenvalue weighted by Gasteiger charge is -2.18. The fourth-order valence-electron chi connectivity index (χ4n) is 2.02. The van der Waals surface area contributed by atoms with Crippen LogP contribution in [0.25, 0.3) is 0 Å². The lowest BCUT2D eigenvalue weighted by Crippen LogP contribution is -2.31. The van der Waals surface area contributed by atoms with Gasteiger partial charge in [0.1, 0.15) is 0 Å². The topological polar surface area (TPSA) is 12.0 Å². The van der Waals surface area contributed by atoms with Crippen molar-refractivity contribution in [3.63, 3.8) is 0 Å². The van der Waals surface area contributed by atoms with Gasteiger partial charge < -0.3 is 5.32 Å². The molecule has 0 spiro atoms. The summed E-state index contributed by atoms with van der Waals surface area (Å²) >= 11 is 3.54. The summed E-state index contributed by atoms with van der Waals surface area (Å²) in [6.45, 7) is 5.61. The fraction of sp³-hybridized carbons (Fsp3) is 0.600. The van der Waals surface area contributed by atoms with E-state index in [1.807, 2.05) is 0 Å². The van der Waals surface area contributed by atoms with E-state index in [4.69, 9.17) is 0 Å². The normalized spacial score (nSPS) is 12.6. The maximum atomic E-state index is 3.66. The molecule has 1 aromatic carbocycles. The van der Waals surface area contributed by atoms with Gasteiger partial charge in [-0.05, 0) is 43.5 Å². The number of benzene rings is 1. The van der Waals surface area contributed by atoms with Gasteiger partial charge in [0.05, 0.1) is 0 Å². The van der Waals surface area contributed by atoms with Crippen molar-refractivity contribution in [1.82, 2.24) is 5.32 Å². The van der Waals surface area contributed by atoms with E-state index in [0.717, 1.165) is 13.0 Å². The van der Waals surface area contributed by atoms with Crippen molar-refractivity contribution in [1.29, 1.82) is 0 Å². The number of unbranched alkanes of at least 4 members (excludes halogenated alkanes) is 1. The van der Waals surface area contributed by atoms with E-state index in [0.29, 0.717) is 6.04 Å². The fourth-order valence-corrected chi connectivity index (χ4v) is 2.47. The summed E-state index contributed by atoms with van der Waals surface area (Å²) in [4.78, 5) is 0. The Bertz CT molecular complexity index is 304. The molecule has 1 aromatic rings. The highest BCUT2D eigenvalue weighted by Gasteiger charge is 2.08. The molecule has 1 unspecified atom stereocenters. The zero-order chi connectivity index (χ0) is 12.5. The first kappa shape index (κ1) is 14.7. The predicted octanol–water partition coefficient (Wildman–Crippen LogP) is 4.55. The van der Waals surface area contributed by atoms with Crippen LogP contribution >= 0.6 is 15.9 Å². The molecule has 0 radical (unpaired) electrons. The molecule has 0 bridgehead atoms. The second-order valence-electron chi connectivity index (χ2n) is 4.63. The van der Waals surface area contributed by atoms with Crippen LogP contribution in [0, 0.1) is 0 Å². The summed E-state index contributed by atoms with van der Waals surface area (Å²) < 4.78 is 1.18. The monoisotopic (exact) mass is 297 g/mol. The van der Waals surface area contributed by atoms with Crippen LogP contribution < -0.4 is 5.32 Å². The first-order valence-electron chi connectivity index (χ1n) is 6.74. The Kier molecular flexibility index (Phi) is 7.54. The smallest absolute Gasteiger partial charge is 0.0178 e. The molecule has 0 saturated heterocycles. The van der Waals surface area contributed by atoms with E-state index in [1.165, 1.54) is 35.7 Å². The van der Waals surface area contributed by atoms with E-state index in [-0.39, 0.29) is 0 Å². The summed E-state index contributed by atoms with van der Waals surface area (Å²) in [6.07, 6.45) is 6.22. The van der Waals surface area contributed by atoms with E-state index in [1.54, 1.807) is 0 Å². The Morgan fingerprint density at radius 2 is 2.06 bits per heavy atom. The Balaban J connectivity index is 2.51. The van der Waals surface area contributed by atoms with Crippen molar-refractivity contribution in [3.05, 3.63) is 34.3 Å². The lowest BCUT2D eigenvalue weighted by molar-refractivity contribution is 0.462. The highest BCUT2D eigenvalue weighted by Crippen LogP contribution is 2.15. The molecule has 0 fully saturated rings. The van der Waals surface area contributed by atoms with Gasteiger partial charge in [-0.15, -0.1) is 0 Å². The van der Waals surface area contributed by atoms with E-state index < -0.39 is 0 Å². The SMILES string of the molecule is CCCCC(Cc1cccc(Br)c1)NCCC. The minimum absolute atomic E-state index is 0.629. The van der Waals surface area contributed by atoms with E-state index in [9.17, 15) is 0 Å². The van der Waals surface area contributed by atoms with Gasteiger partial charge in [-0.2, -0.15) is 0 Å². The molecule has 17 heavy (non-hydrogen) atoms. The van der Waals surface area contributed by atoms with Crippen LogP contribution in [0.2, 0.25) is 0 Å². The highest BCUT2D eigenvalue weighted by atomic mass is 79.9. The third-order valence-corrected chi connectivity index (χ3v) is 3.45. The van der Waals surface area contributed by atoms with Gasteiger partial charge in [-0.25, -0.2) is 0 Å². The van der Waals surface area contributed by atoms with Crippen LogP contribution in [0.4, 0.5) is 0 Å². The molecule has 96 valence electrons.